The van der Waals surface area contributed by atoms with Crippen LogP contribution in [0.3, 0.4) is 0 Å². The average molecular weight is 316 g/mol. The SMILES string of the molecule is COCC1(C)CCN(C(=O)Nc2ccc(F)c(F)c2F)CC1. The van der Waals surface area contributed by atoms with Crippen LogP contribution in [0.2, 0.25) is 0 Å². The van der Waals surface area contributed by atoms with Gasteiger partial charge >= 0.3 is 6.03 Å². The molecule has 0 spiro atoms. The van der Waals surface area contributed by atoms with Gasteiger partial charge in [0.05, 0.1) is 12.3 Å². The maximum atomic E-state index is 13.5. The zero-order valence-electron chi connectivity index (χ0n) is 12.6. The van der Waals surface area contributed by atoms with E-state index in [1.165, 1.54) is 4.90 Å². The molecule has 0 saturated carbocycles. The number of hydrogen-bond acceptors (Lipinski definition) is 2. The van der Waals surface area contributed by atoms with Crippen molar-refractivity contribution in [3.05, 3.63) is 29.6 Å². The van der Waals surface area contributed by atoms with Crippen molar-refractivity contribution in [3.63, 3.8) is 0 Å². The fourth-order valence-electron chi connectivity index (χ4n) is 2.56. The molecule has 0 radical (unpaired) electrons. The molecule has 122 valence electrons. The van der Waals surface area contributed by atoms with Gasteiger partial charge in [0.1, 0.15) is 0 Å². The lowest BCUT2D eigenvalue weighted by molar-refractivity contribution is 0.0452. The first-order valence-corrected chi connectivity index (χ1v) is 7.05. The number of halogens is 3. The van der Waals surface area contributed by atoms with Crippen molar-refractivity contribution in [2.75, 3.05) is 32.1 Å². The number of carbonyl (C=O) groups is 1. The maximum absolute atomic E-state index is 13.5. The lowest BCUT2D eigenvalue weighted by Gasteiger charge is -2.38. The van der Waals surface area contributed by atoms with Gasteiger partial charge in [0.2, 0.25) is 0 Å². The zero-order chi connectivity index (χ0) is 16.3. The normalized spacial score (nSPS) is 17.4. The van der Waals surface area contributed by atoms with Crippen molar-refractivity contribution in [2.24, 2.45) is 5.41 Å². The van der Waals surface area contributed by atoms with Gasteiger partial charge in [0.25, 0.3) is 0 Å². The van der Waals surface area contributed by atoms with Crippen LogP contribution >= 0.6 is 0 Å². The molecule has 4 nitrogen and oxygen atoms in total. The molecule has 1 aromatic carbocycles. The van der Waals surface area contributed by atoms with Gasteiger partial charge < -0.3 is 15.0 Å². The van der Waals surface area contributed by atoms with Gasteiger partial charge in [-0.05, 0) is 30.4 Å². The Labute approximate surface area is 127 Å². The van der Waals surface area contributed by atoms with Gasteiger partial charge in [-0.1, -0.05) is 6.92 Å². The highest BCUT2D eigenvalue weighted by molar-refractivity contribution is 5.89. The first kappa shape index (κ1) is 16.6. The average Bonchev–Trinajstić information content (AvgIpc) is 2.48. The summed E-state index contributed by atoms with van der Waals surface area (Å²) < 4.78 is 44.7. The largest absolute Gasteiger partial charge is 0.384 e. The lowest BCUT2D eigenvalue weighted by atomic mass is 9.81. The fraction of sp³-hybridized carbons (Fsp3) is 0.533. The van der Waals surface area contributed by atoms with Crippen LogP contribution in [-0.4, -0.2) is 37.7 Å². The highest BCUT2D eigenvalue weighted by atomic mass is 19.2. The van der Waals surface area contributed by atoms with Crippen LogP contribution in [0.1, 0.15) is 19.8 Å². The van der Waals surface area contributed by atoms with E-state index in [9.17, 15) is 18.0 Å². The Kier molecular flexibility index (Phi) is 4.95. The summed E-state index contributed by atoms with van der Waals surface area (Å²) in [7, 11) is 1.64. The molecule has 0 aromatic heterocycles. The van der Waals surface area contributed by atoms with Crippen LogP contribution in [0.4, 0.5) is 23.7 Å². The first-order valence-electron chi connectivity index (χ1n) is 7.05. The summed E-state index contributed by atoms with van der Waals surface area (Å²) in [5.74, 6) is -4.28. The minimum atomic E-state index is -1.59. The lowest BCUT2D eigenvalue weighted by Crippen LogP contribution is -2.45. The molecule has 1 aliphatic heterocycles. The number of piperidine rings is 1. The summed E-state index contributed by atoms with van der Waals surface area (Å²) in [6, 6.07) is 1.26. The zero-order valence-corrected chi connectivity index (χ0v) is 12.6. The highest BCUT2D eigenvalue weighted by Gasteiger charge is 2.32. The van der Waals surface area contributed by atoms with Crippen molar-refractivity contribution in [1.82, 2.24) is 4.90 Å². The van der Waals surface area contributed by atoms with Crippen molar-refractivity contribution in [3.8, 4) is 0 Å². The van der Waals surface area contributed by atoms with E-state index in [1.54, 1.807) is 7.11 Å². The number of carbonyl (C=O) groups excluding carboxylic acids is 1. The summed E-state index contributed by atoms with van der Waals surface area (Å²) in [5.41, 5.74) is -0.354. The molecule has 1 heterocycles. The van der Waals surface area contributed by atoms with Gasteiger partial charge in [-0.25, -0.2) is 18.0 Å². The Bertz CT molecular complexity index is 558. The number of nitrogens with one attached hydrogen (secondary N) is 1. The molecular weight excluding hydrogens is 297 g/mol. The third kappa shape index (κ3) is 3.52. The Morgan fingerprint density at radius 2 is 1.91 bits per heavy atom. The smallest absolute Gasteiger partial charge is 0.321 e. The summed E-state index contributed by atoms with van der Waals surface area (Å²) in [5, 5.41) is 2.28. The number of urea groups is 1. The van der Waals surface area contributed by atoms with Crippen molar-refractivity contribution >= 4 is 11.7 Å². The molecule has 7 heteroatoms. The van der Waals surface area contributed by atoms with E-state index in [2.05, 4.69) is 12.2 Å². The van der Waals surface area contributed by atoms with Gasteiger partial charge in [-0.2, -0.15) is 0 Å². The summed E-state index contributed by atoms with van der Waals surface area (Å²) in [6.07, 6.45) is 1.52. The molecule has 0 unspecified atom stereocenters. The Balaban J connectivity index is 1.98. The Hall–Kier alpha value is -1.76. The summed E-state index contributed by atoms with van der Waals surface area (Å²) in [4.78, 5) is 13.6. The van der Waals surface area contributed by atoms with E-state index in [1.807, 2.05) is 0 Å². The quantitative estimate of drug-likeness (QED) is 0.869. The number of ether oxygens (including phenoxy) is 1. The van der Waals surface area contributed by atoms with E-state index < -0.39 is 23.5 Å². The summed E-state index contributed by atoms with van der Waals surface area (Å²) in [6.45, 7) is 3.69. The van der Waals surface area contributed by atoms with Crippen LogP contribution in [0.25, 0.3) is 0 Å². The standard InChI is InChI=1S/C15H19F3N2O2/c1-15(9-22-2)5-7-20(8-6-15)14(21)19-11-4-3-10(16)12(17)13(11)18/h3-4H,5-9H2,1-2H3,(H,19,21). The molecule has 0 atom stereocenters. The van der Waals surface area contributed by atoms with E-state index in [-0.39, 0.29) is 11.1 Å². The highest BCUT2D eigenvalue weighted by Crippen LogP contribution is 2.31. The minimum Gasteiger partial charge on any atom is -0.384 e. The second-order valence-corrected chi connectivity index (χ2v) is 5.88. The van der Waals surface area contributed by atoms with Crippen molar-refractivity contribution < 1.29 is 22.7 Å². The number of benzene rings is 1. The number of amides is 2. The predicted molar refractivity (Wildman–Crippen MR) is 76.1 cm³/mol. The minimum absolute atomic E-state index is 0.0127. The van der Waals surface area contributed by atoms with Gasteiger partial charge in [0.15, 0.2) is 17.5 Å². The van der Waals surface area contributed by atoms with E-state index >= 15 is 0 Å². The number of nitrogens with zero attached hydrogens (tertiary/aromatic N) is 1. The van der Waals surface area contributed by atoms with Gasteiger partial charge in [-0.3, -0.25) is 0 Å². The van der Waals surface area contributed by atoms with Gasteiger partial charge in [-0.15, -0.1) is 0 Å². The van der Waals surface area contributed by atoms with Crippen LogP contribution in [0, 0.1) is 22.9 Å². The van der Waals surface area contributed by atoms with Crippen LogP contribution in [0.15, 0.2) is 12.1 Å². The molecule has 1 N–H and O–H groups in total. The van der Waals surface area contributed by atoms with E-state index in [4.69, 9.17) is 4.74 Å². The third-order valence-electron chi connectivity index (χ3n) is 4.03. The first-order chi connectivity index (χ1) is 10.4. The molecule has 1 saturated heterocycles. The predicted octanol–water partition coefficient (Wildman–Crippen LogP) is 3.38. The number of hydrogen-bond donors (Lipinski definition) is 1. The van der Waals surface area contributed by atoms with Crippen molar-refractivity contribution in [1.29, 1.82) is 0 Å². The van der Waals surface area contributed by atoms with E-state index in [0.717, 1.165) is 25.0 Å². The number of anilines is 1. The maximum Gasteiger partial charge on any atom is 0.321 e. The number of rotatable bonds is 3. The third-order valence-corrected chi connectivity index (χ3v) is 4.03. The molecule has 1 aromatic rings. The monoisotopic (exact) mass is 316 g/mol. The number of methoxy groups -OCH3 is 1. The second kappa shape index (κ2) is 6.56. The van der Waals surface area contributed by atoms with Crippen LogP contribution in [-0.2, 0) is 4.74 Å². The molecular formula is C15H19F3N2O2. The molecule has 2 rings (SSSR count). The molecule has 1 fully saturated rings. The topological polar surface area (TPSA) is 41.6 Å². The van der Waals surface area contributed by atoms with Crippen molar-refractivity contribution in [2.45, 2.75) is 19.8 Å². The van der Waals surface area contributed by atoms with Gasteiger partial charge in [0, 0.05) is 20.2 Å². The molecule has 22 heavy (non-hydrogen) atoms. The summed E-state index contributed by atoms with van der Waals surface area (Å²) >= 11 is 0. The van der Waals surface area contributed by atoms with Crippen LogP contribution in [0.5, 0.6) is 0 Å². The molecule has 0 bridgehead atoms. The molecule has 2 amide bonds. The molecule has 1 aliphatic rings. The van der Waals surface area contributed by atoms with Crippen LogP contribution < -0.4 is 5.32 Å². The Morgan fingerprint density at radius 1 is 1.27 bits per heavy atom. The molecule has 0 aliphatic carbocycles. The second-order valence-electron chi connectivity index (χ2n) is 5.88. The van der Waals surface area contributed by atoms with E-state index in [0.29, 0.717) is 19.7 Å². The Morgan fingerprint density at radius 3 is 2.50 bits per heavy atom. The fourth-order valence-corrected chi connectivity index (χ4v) is 2.56. The number of likely N-dealkylation sites (tertiary alicyclic amines) is 1.